The molecule has 0 aliphatic heterocycles. The van der Waals surface area contributed by atoms with E-state index in [0.29, 0.717) is 37.5 Å². The summed E-state index contributed by atoms with van der Waals surface area (Å²) in [5, 5.41) is 29.7. The Bertz CT molecular complexity index is 681. The smallest absolute Gasteiger partial charge is 0.275 e. The Balaban J connectivity index is 1.69. The monoisotopic (exact) mass is 440 g/mol. The number of rotatable bonds is 6. The Morgan fingerprint density at radius 2 is 1.77 bits per heavy atom. The molecule has 3 aliphatic carbocycles. The van der Waals surface area contributed by atoms with Gasteiger partial charge < -0.3 is 15.3 Å². The topological polar surface area (TPSA) is 60.7 Å². The average molecular weight is 441 g/mol. The molecule has 0 heterocycles. The second-order valence-electron chi connectivity index (χ2n) is 11.4. The third-order valence-electron chi connectivity index (χ3n) is 8.61. The van der Waals surface area contributed by atoms with Crippen LogP contribution in [0.1, 0.15) is 91.9 Å². The van der Waals surface area contributed by atoms with Crippen molar-refractivity contribution < 1.29 is 24.1 Å². The number of alkyl halides is 2. The van der Waals surface area contributed by atoms with Crippen molar-refractivity contribution in [2.45, 2.75) is 116 Å². The van der Waals surface area contributed by atoms with Crippen LogP contribution in [0.2, 0.25) is 0 Å². The van der Waals surface area contributed by atoms with Crippen LogP contribution in [-0.2, 0) is 0 Å². The largest absolute Gasteiger partial charge is 0.393 e. The number of hydrogen-bond acceptors (Lipinski definition) is 3. The molecule has 3 N–H and O–H groups in total. The van der Waals surface area contributed by atoms with Crippen molar-refractivity contribution in [3.05, 3.63) is 23.3 Å². The first-order chi connectivity index (χ1) is 14.3. The first-order valence-corrected chi connectivity index (χ1v) is 12.2. The van der Waals surface area contributed by atoms with E-state index in [1.165, 1.54) is 19.4 Å². The van der Waals surface area contributed by atoms with Gasteiger partial charge in [-0.1, -0.05) is 37.1 Å². The first kappa shape index (κ1) is 24.9. The molecule has 178 valence electrons. The average Bonchev–Trinajstić information content (AvgIpc) is 3.00. The summed E-state index contributed by atoms with van der Waals surface area (Å²) in [6, 6.07) is 0. The number of aliphatic hydroxyl groups excluding tert-OH is 2. The summed E-state index contributed by atoms with van der Waals surface area (Å²) < 4.78 is 28.6. The molecule has 0 radical (unpaired) electrons. The highest BCUT2D eigenvalue weighted by Crippen LogP contribution is 2.60. The minimum atomic E-state index is -3.07. The molecule has 3 aliphatic rings. The van der Waals surface area contributed by atoms with Crippen molar-refractivity contribution in [1.82, 2.24) is 0 Å². The molecule has 0 bridgehead atoms. The number of hydrogen-bond donors (Lipinski definition) is 3. The third kappa shape index (κ3) is 5.42. The van der Waals surface area contributed by atoms with Crippen LogP contribution in [0, 0.1) is 23.2 Å². The van der Waals surface area contributed by atoms with Crippen LogP contribution in [0.5, 0.6) is 0 Å². The van der Waals surface area contributed by atoms with E-state index in [2.05, 4.69) is 26.0 Å². The molecule has 0 amide bonds. The molecule has 0 spiro atoms. The van der Waals surface area contributed by atoms with E-state index < -0.39 is 23.7 Å². The van der Waals surface area contributed by atoms with Crippen LogP contribution in [-0.4, -0.2) is 39.1 Å². The third-order valence-corrected chi connectivity index (χ3v) is 8.61. The quantitative estimate of drug-likeness (QED) is 0.490. The SMILES string of the molecule is CC(CCC(F)(F)C(C)(C)O)C1CCC2/C(=C/C=C3C[C@@H](O)C[C@H](O)C3)CCC[C@@]21C. The summed E-state index contributed by atoms with van der Waals surface area (Å²) in [6.45, 7) is 6.86. The van der Waals surface area contributed by atoms with Gasteiger partial charge in [-0.25, -0.2) is 8.78 Å². The van der Waals surface area contributed by atoms with E-state index in [1.54, 1.807) is 0 Å². The summed E-state index contributed by atoms with van der Waals surface area (Å²) in [5.41, 5.74) is 0.719. The molecule has 0 saturated heterocycles. The molecule has 3 fully saturated rings. The lowest BCUT2D eigenvalue weighted by atomic mass is 9.60. The van der Waals surface area contributed by atoms with Gasteiger partial charge in [-0.2, -0.15) is 0 Å². The molecule has 3 saturated carbocycles. The lowest BCUT2D eigenvalue weighted by Crippen LogP contribution is -2.43. The van der Waals surface area contributed by atoms with Gasteiger partial charge in [0.15, 0.2) is 0 Å². The molecule has 5 heteroatoms. The normalized spacial score (nSPS) is 37.1. The summed E-state index contributed by atoms with van der Waals surface area (Å²) >= 11 is 0. The highest BCUT2D eigenvalue weighted by atomic mass is 19.3. The summed E-state index contributed by atoms with van der Waals surface area (Å²) in [4.78, 5) is 0. The highest BCUT2D eigenvalue weighted by Gasteiger charge is 2.51. The van der Waals surface area contributed by atoms with Gasteiger partial charge in [-0.15, -0.1) is 0 Å². The maximum Gasteiger partial charge on any atom is 0.275 e. The molecule has 6 atom stereocenters. The molecule has 0 aromatic rings. The van der Waals surface area contributed by atoms with Crippen molar-refractivity contribution >= 4 is 0 Å². The van der Waals surface area contributed by atoms with E-state index in [4.69, 9.17) is 0 Å². The van der Waals surface area contributed by atoms with Crippen LogP contribution in [0.4, 0.5) is 8.78 Å². The van der Waals surface area contributed by atoms with Gasteiger partial charge in [0, 0.05) is 6.42 Å². The predicted molar refractivity (Wildman–Crippen MR) is 120 cm³/mol. The Kier molecular flexibility index (Phi) is 7.40. The molecule has 3 rings (SSSR count). The first-order valence-electron chi connectivity index (χ1n) is 12.2. The number of halogens is 2. The fourth-order valence-corrected chi connectivity index (χ4v) is 6.66. The summed E-state index contributed by atoms with van der Waals surface area (Å²) in [7, 11) is 0. The van der Waals surface area contributed by atoms with E-state index in [9.17, 15) is 24.1 Å². The minimum Gasteiger partial charge on any atom is -0.393 e. The zero-order valence-electron chi connectivity index (χ0n) is 19.7. The van der Waals surface area contributed by atoms with E-state index in [-0.39, 0.29) is 17.8 Å². The zero-order chi connectivity index (χ0) is 23.0. The van der Waals surface area contributed by atoms with Gasteiger partial charge in [0.1, 0.15) is 5.60 Å². The maximum absolute atomic E-state index is 14.3. The second kappa shape index (κ2) is 9.23. The van der Waals surface area contributed by atoms with Gasteiger partial charge in [-0.3, -0.25) is 0 Å². The van der Waals surface area contributed by atoms with Crippen molar-refractivity contribution in [2.75, 3.05) is 0 Å². The van der Waals surface area contributed by atoms with Crippen molar-refractivity contribution in [1.29, 1.82) is 0 Å². The molecule has 31 heavy (non-hydrogen) atoms. The Labute approximate surface area is 186 Å². The maximum atomic E-state index is 14.3. The van der Waals surface area contributed by atoms with Crippen molar-refractivity contribution in [2.24, 2.45) is 23.2 Å². The summed E-state index contributed by atoms with van der Waals surface area (Å²) in [5.74, 6) is -1.97. The lowest BCUT2D eigenvalue weighted by Gasteiger charge is -2.44. The fraction of sp³-hybridized carbons (Fsp3) is 0.846. The fourth-order valence-electron chi connectivity index (χ4n) is 6.66. The number of fused-ring (bicyclic) bond motifs is 1. The van der Waals surface area contributed by atoms with Crippen LogP contribution >= 0.6 is 0 Å². The van der Waals surface area contributed by atoms with E-state index in [1.807, 2.05) is 0 Å². The molecule has 0 aromatic heterocycles. The molecular weight excluding hydrogens is 398 g/mol. The lowest BCUT2D eigenvalue weighted by molar-refractivity contribution is -0.168. The predicted octanol–water partition coefficient (Wildman–Crippen LogP) is 5.78. The van der Waals surface area contributed by atoms with E-state index >= 15 is 0 Å². The van der Waals surface area contributed by atoms with Crippen molar-refractivity contribution in [3.8, 4) is 0 Å². The van der Waals surface area contributed by atoms with Gasteiger partial charge in [0.25, 0.3) is 5.92 Å². The van der Waals surface area contributed by atoms with E-state index in [0.717, 1.165) is 37.7 Å². The van der Waals surface area contributed by atoms with Crippen LogP contribution in [0.15, 0.2) is 23.3 Å². The molecule has 3 unspecified atom stereocenters. The summed E-state index contributed by atoms with van der Waals surface area (Å²) in [6.07, 6.45) is 10.9. The molecule has 3 nitrogen and oxygen atoms in total. The zero-order valence-corrected chi connectivity index (χ0v) is 19.7. The number of aliphatic hydroxyl groups is 3. The van der Waals surface area contributed by atoms with Gasteiger partial charge >= 0.3 is 0 Å². The second-order valence-corrected chi connectivity index (χ2v) is 11.4. The van der Waals surface area contributed by atoms with Gasteiger partial charge in [-0.05, 0) is 94.8 Å². The minimum absolute atomic E-state index is 0.137. The van der Waals surface area contributed by atoms with Crippen LogP contribution in [0.3, 0.4) is 0 Å². The molecular formula is C26H42F2O3. The van der Waals surface area contributed by atoms with Gasteiger partial charge in [0.05, 0.1) is 12.2 Å². The van der Waals surface area contributed by atoms with Gasteiger partial charge in [0.2, 0.25) is 0 Å². The highest BCUT2D eigenvalue weighted by molar-refractivity contribution is 5.26. The molecule has 0 aromatic carbocycles. The van der Waals surface area contributed by atoms with Crippen LogP contribution in [0.25, 0.3) is 0 Å². The Hall–Kier alpha value is -0.780. The Morgan fingerprint density at radius 3 is 2.39 bits per heavy atom. The number of allylic oxidation sites excluding steroid dienone is 3. The standard InChI is InChI=1S/C26H42F2O3/c1-17(11-13-26(27,28)24(2,3)31)22-9-10-23-19(6-5-12-25(22,23)4)8-7-18-14-20(29)16-21(30)15-18/h7-8,17,20-23,29-31H,5-6,9-16H2,1-4H3/b19-8+/t17?,20-,21-,22?,23?,25-/m1/s1. The van der Waals surface area contributed by atoms with Crippen molar-refractivity contribution in [3.63, 3.8) is 0 Å². The van der Waals surface area contributed by atoms with Crippen LogP contribution < -0.4 is 0 Å². The Morgan fingerprint density at radius 1 is 1.13 bits per heavy atom.